The van der Waals surface area contributed by atoms with E-state index in [2.05, 4.69) is 5.32 Å². The van der Waals surface area contributed by atoms with Crippen molar-refractivity contribution < 1.29 is 18.1 Å². The Bertz CT molecular complexity index is 645. The molecule has 0 aliphatic carbocycles. The summed E-state index contributed by atoms with van der Waals surface area (Å²) in [6.45, 7) is 0.00148. The van der Waals surface area contributed by atoms with Crippen molar-refractivity contribution in [3.05, 3.63) is 69.5 Å². The molecule has 0 fully saturated rings. The molecule has 7 heteroatoms. The maximum atomic E-state index is 13.6. The molecule has 0 bridgehead atoms. The van der Waals surface area contributed by atoms with Crippen LogP contribution < -0.4 is 5.32 Å². The molecule has 0 atom stereocenters. The van der Waals surface area contributed by atoms with E-state index in [1.54, 1.807) is 0 Å². The summed E-state index contributed by atoms with van der Waals surface area (Å²) in [7, 11) is 0. The number of nitrogens with one attached hydrogen (secondary N) is 1. The van der Waals surface area contributed by atoms with Crippen LogP contribution in [-0.2, 0) is 6.54 Å². The fourth-order valence-electron chi connectivity index (χ4n) is 1.65. The first-order valence-electron chi connectivity index (χ1n) is 5.59. The molecule has 0 saturated carbocycles. The quantitative estimate of drug-likeness (QED) is 0.688. The lowest BCUT2D eigenvalue weighted by molar-refractivity contribution is -0.384. The van der Waals surface area contributed by atoms with E-state index in [9.17, 15) is 23.3 Å². The molecule has 1 N–H and O–H groups in total. The van der Waals surface area contributed by atoms with Gasteiger partial charge >= 0.3 is 0 Å². The second-order valence-electron chi connectivity index (χ2n) is 3.99. The molecule has 2 rings (SSSR count). The molecule has 0 saturated heterocycles. The van der Waals surface area contributed by atoms with Crippen molar-refractivity contribution in [2.45, 2.75) is 6.54 Å². The minimum absolute atomic E-state index is 0.00148. The number of nitro groups is 1. The second-order valence-corrected chi connectivity index (χ2v) is 3.99. The topological polar surface area (TPSA) is 55.2 Å². The Morgan fingerprint density at radius 1 is 1.05 bits per heavy atom. The Labute approximate surface area is 112 Å². The molecule has 0 aromatic heterocycles. The van der Waals surface area contributed by atoms with E-state index in [0.29, 0.717) is 11.6 Å². The molecule has 0 amide bonds. The van der Waals surface area contributed by atoms with Crippen molar-refractivity contribution in [3.8, 4) is 0 Å². The molecule has 4 nitrogen and oxygen atoms in total. The Kier molecular flexibility index (Phi) is 3.88. The molecule has 104 valence electrons. The van der Waals surface area contributed by atoms with Crippen molar-refractivity contribution >= 4 is 11.4 Å². The number of nitrogens with zero attached hydrogens (tertiary/aromatic N) is 1. The van der Waals surface area contributed by atoms with Crippen LogP contribution in [0.2, 0.25) is 0 Å². The molecule has 20 heavy (non-hydrogen) atoms. The lowest BCUT2D eigenvalue weighted by Gasteiger charge is -2.08. The van der Waals surface area contributed by atoms with Crippen molar-refractivity contribution in [1.82, 2.24) is 0 Å². The van der Waals surface area contributed by atoms with Crippen LogP contribution in [0.1, 0.15) is 5.56 Å². The third kappa shape index (κ3) is 2.87. The van der Waals surface area contributed by atoms with E-state index in [-0.39, 0.29) is 6.54 Å². The SMILES string of the molecule is O=[N+]([O-])c1ccc(F)c(F)c1NCc1ccc(F)cc1. The van der Waals surface area contributed by atoms with Gasteiger partial charge in [-0.3, -0.25) is 10.1 Å². The standard InChI is InChI=1S/C13H9F3N2O2/c14-9-3-1-8(2-4-9)7-17-13-11(18(19)20)6-5-10(15)12(13)16/h1-6,17H,7H2. The molecule has 0 aliphatic heterocycles. The van der Waals surface area contributed by atoms with Crippen LogP contribution >= 0.6 is 0 Å². The van der Waals surface area contributed by atoms with E-state index in [4.69, 9.17) is 0 Å². The number of rotatable bonds is 4. The van der Waals surface area contributed by atoms with Crippen LogP contribution in [0.15, 0.2) is 36.4 Å². The molecule has 0 unspecified atom stereocenters. The van der Waals surface area contributed by atoms with Crippen molar-refractivity contribution in [2.75, 3.05) is 5.32 Å². The van der Waals surface area contributed by atoms with Crippen molar-refractivity contribution in [3.63, 3.8) is 0 Å². The summed E-state index contributed by atoms with van der Waals surface area (Å²) in [6, 6.07) is 6.85. The van der Waals surface area contributed by atoms with Gasteiger partial charge in [-0.05, 0) is 23.8 Å². The summed E-state index contributed by atoms with van der Waals surface area (Å²) >= 11 is 0. The lowest BCUT2D eigenvalue weighted by atomic mass is 10.2. The summed E-state index contributed by atoms with van der Waals surface area (Å²) in [6.07, 6.45) is 0. The van der Waals surface area contributed by atoms with Crippen LogP contribution in [0.4, 0.5) is 24.5 Å². The van der Waals surface area contributed by atoms with E-state index in [1.807, 2.05) is 0 Å². The number of halogens is 3. The minimum atomic E-state index is -1.32. The number of hydrogen-bond donors (Lipinski definition) is 1. The van der Waals surface area contributed by atoms with Crippen molar-refractivity contribution in [2.24, 2.45) is 0 Å². The molecule has 0 heterocycles. The Hall–Kier alpha value is -2.57. The van der Waals surface area contributed by atoms with Gasteiger partial charge in [0, 0.05) is 12.6 Å². The molecule has 2 aromatic carbocycles. The molecule has 2 aromatic rings. The maximum absolute atomic E-state index is 13.6. The normalized spacial score (nSPS) is 10.3. The van der Waals surface area contributed by atoms with Gasteiger partial charge in [0.15, 0.2) is 17.3 Å². The van der Waals surface area contributed by atoms with E-state index >= 15 is 0 Å². The molecule has 0 radical (unpaired) electrons. The molecular formula is C13H9F3N2O2. The number of nitro benzene ring substituents is 1. The van der Waals surface area contributed by atoms with Gasteiger partial charge in [0.05, 0.1) is 4.92 Å². The minimum Gasteiger partial charge on any atom is -0.373 e. The first-order chi connectivity index (χ1) is 9.49. The van der Waals surface area contributed by atoms with Crippen LogP contribution in [-0.4, -0.2) is 4.92 Å². The van der Waals surface area contributed by atoms with Gasteiger partial charge in [0.25, 0.3) is 5.69 Å². The van der Waals surface area contributed by atoms with E-state index in [0.717, 1.165) is 6.07 Å². The number of anilines is 1. The van der Waals surface area contributed by atoms with Crippen LogP contribution in [0.3, 0.4) is 0 Å². The maximum Gasteiger partial charge on any atom is 0.295 e. The third-order valence-corrected chi connectivity index (χ3v) is 2.65. The van der Waals surface area contributed by atoms with Crippen LogP contribution in [0.5, 0.6) is 0 Å². The zero-order chi connectivity index (χ0) is 14.7. The summed E-state index contributed by atoms with van der Waals surface area (Å²) in [5.41, 5.74) is -0.519. The first-order valence-corrected chi connectivity index (χ1v) is 5.59. The van der Waals surface area contributed by atoms with Crippen LogP contribution in [0, 0.1) is 27.6 Å². The zero-order valence-electron chi connectivity index (χ0n) is 10.1. The monoisotopic (exact) mass is 282 g/mol. The Morgan fingerprint density at radius 3 is 2.30 bits per heavy atom. The smallest absolute Gasteiger partial charge is 0.295 e. The lowest BCUT2D eigenvalue weighted by Crippen LogP contribution is -2.06. The Balaban J connectivity index is 2.26. The average Bonchev–Trinajstić information content (AvgIpc) is 2.42. The fourth-order valence-corrected chi connectivity index (χ4v) is 1.65. The van der Waals surface area contributed by atoms with Gasteiger partial charge in [-0.1, -0.05) is 12.1 Å². The number of benzene rings is 2. The van der Waals surface area contributed by atoms with Gasteiger partial charge in [-0.15, -0.1) is 0 Å². The average molecular weight is 282 g/mol. The van der Waals surface area contributed by atoms with Gasteiger partial charge in [-0.2, -0.15) is 0 Å². The zero-order valence-corrected chi connectivity index (χ0v) is 10.1. The van der Waals surface area contributed by atoms with Gasteiger partial charge in [-0.25, -0.2) is 13.2 Å². The summed E-state index contributed by atoms with van der Waals surface area (Å²) < 4.78 is 39.4. The highest BCUT2D eigenvalue weighted by Gasteiger charge is 2.21. The number of hydrogen-bond acceptors (Lipinski definition) is 3. The summed E-state index contributed by atoms with van der Waals surface area (Å²) in [5.74, 6) is -2.94. The predicted molar refractivity (Wildman–Crippen MR) is 66.7 cm³/mol. The predicted octanol–water partition coefficient (Wildman–Crippen LogP) is 3.62. The van der Waals surface area contributed by atoms with Crippen LogP contribution in [0.25, 0.3) is 0 Å². The summed E-state index contributed by atoms with van der Waals surface area (Å²) in [5, 5.41) is 13.2. The van der Waals surface area contributed by atoms with E-state index in [1.165, 1.54) is 24.3 Å². The highest BCUT2D eigenvalue weighted by atomic mass is 19.2. The van der Waals surface area contributed by atoms with Gasteiger partial charge in [0.1, 0.15) is 5.82 Å². The highest BCUT2D eigenvalue weighted by molar-refractivity contribution is 5.62. The van der Waals surface area contributed by atoms with Gasteiger partial charge in [0.2, 0.25) is 0 Å². The largest absolute Gasteiger partial charge is 0.373 e. The molecule has 0 spiro atoms. The van der Waals surface area contributed by atoms with E-state index < -0.39 is 33.7 Å². The Morgan fingerprint density at radius 2 is 1.70 bits per heavy atom. The first kappa shape index (κ1) is 13.9. The molecule has 0 aliphatic rings. The molecular weight excluding hydrogens is 273 g/mol. The highest BCUT2D eigenvalue weighted by Crippen LogP contribution is 2.29. The van der Waals surface area contributed by atoms with Crippen molar-refractivity contribution in [1.29, 1.82) is 0 Å². The third-order valence-electron chi connectivity index (χ3n) is 2.65. The second kappa shape index (κ2) is 5.60. The fraction of sp³-hybridized carbons (Fsp3) is 0.0769. The summed E-state index contributed by atoms with van der Waals surface area (Å²) in [4.78, 5) is 9.96. The van der Waals surface area contributed by atoms with Gasteiger partial charge < -0.3 is 5.32 Å².